The predicted molar refractivity (Wildman–Crippen MR) is 197 cm³/mol. The lowest BCUT2D eigenvalue weighted by molar-refractivity contribution is -0.128. The Morgan fingerprint density at radius 3 is 2.40 bits per heavy atom. The fourth-order valence-electron chi connectivity index (χ4n) is 6.19. The van der Waals surface area contributed by atoms with Gasteiger partial charge in [-0.25, -0.2) is 9.37 Å². The number of rotatable bonds is 13. The molecule has 2 heterocycles. The predicted octanol–water partition coefficient (Wildman–Crippen LogP) is 5.17. The molecular weight excluding hydrogens is 687 g/mol. The summed E-state index contributed by atoms with van der Waals surface area (Å²) in [7, 11) is 1.55. The van der Waals surface area contributed by atoms with E-state index in [9.17, 15) is 24.2 Å². The number of carbonyl (C=O) groups excluding carboxylic acids is 2. The van der Waals surface area contributed by atoms with Crippen LogP contribution in [0, 0.1) is 17.2 Å². The van der Waals surface area contributed by atoms with Crippen molar-refractivity contribution < 1.29 is 33.7 Å². The van der Waals surface area contributed by atoms with Crippen molar-refractivity contribution in [3.8, 4) is 22.8 Å². The molecule has 3 aromatic carbocycles. The summed E-state index contributed by atoms with van der Waals surface area (Å²) in [6, 6.07) is 19.7. The third-order valence-corrected chi connectivity index (χ3v) is 9.78. The molecule has 0 aliphatic carbocycles. The van der Waals surface area contributed by atoms with Gasteiger partial charge in [-0.1, -0.05) is 74.8 Å². The Morgan fingerprint density at radius 2 is 1.75 bits per heavy atom. The van der Waals surface area contributed by atoms with Gasteiger partial charge in [-0.2, -0.15) is 0 Å². The van der Waals surface area contributed by atoms with Gasteiger partial charge < -0.3 is 36.1 Å². The number of aliphatic hydroxyl groups excluding tert-OH is 2. The second-order valence-electron chi connectivity index (χ2n) is 14.3. The largest absolute Gasteiger partial charge is 0.490 e. The van der Waals surface area contributed by atoms with E-state index in [1.165, 1.54) is 18.2 Å². The average molecular weight is 733 g/mol. The molecule has 1 aliphatic rings. The average Bonchev–Trinajstić information content (AvgIpc) is 3.12. The fraction of sp³-hybridized carbons (Fsp3) is 0.375. The zero-order valence-electron chi connectivity index (χ0n) is 29.7. The molecule has 6 atom stereocenters. The number of fused-ring (bicyclic) bond motifs is 1. The molecule has 1 aromatic heterocycles. The number of methoxy groups -OCH3 is 1. The summed E-state index contributed by atoms with van der Waals surface area (Å²) in [5.74, 6) is -1.48. The summed E-state index contributed by atoms with van der Waals surface area (Å²) in [6.07, 6.45) is -0.359. The van der Waals surface area contributed by atoms with E-state index in [0.717, 1.165) is 16.7 Å². The maximum Gasteiger partial charge on any atom is 0.237 e. The molecule has 5 rings (SSSR count). The molecule has 6 unspecified atom stereocenters. The number of carbonyl (C=O) groups is 2. The highest BCUT2D eigenvalue weighted by molar-refractivity contribution is 6.31. The monoisotopic (exact) mass is 732 g/mol. The minimum Gasteiger partial charge on any atom is -0.490 e. The zero-order valence-corrected chi connectivity index (χ0v) is 30.4. The normalized spacial score (nSPS) is 17.9. The molecule has 0 saturated carbocycles. The molecule has 0 radical (unpaired) electrons. The number of halogens is 2. The van der Waals surface area contributed by atoms with E-state index in [1.807, 2.05) is 51.1 Å². The van der Waals surface area contributed by atoms with Crippen molar-refractivity contribution in [1.29, 1.82) is 0 Å². The van der Waals surface area contributed by atoms with Crippen LogP contribution in [0.4, 0.5) is 4.39 Å². The van der Waals surface area contributed by atoms with Crippen molar-refractivity contribution in [3.05, 3.63) is 113 Å². The van der Waals surface area contributed by atoms with Gasteiger partial charge in [-0.15, -0.1) is 0 Å². The number of hydrogen-bond acceptors (Lipinski definition) is 8. The van der Waals surface area contributed by atoms with Crippen LogP contribution in [0.2, 0.25) is 5.02 Å². The molecule has 10 nitrogen and oxygen atoms in total. The number of aromatic nitrogens is 1. The highest BCUT2D eigenvalue weighted by Crippen LogP contribution is 2.34. The van der Waals surface area contributed by atoms with Crippen molar-refractivity contribution in [2.45, 2.75) is 70.4 Å². The summed E-state index contributed by atoms with van der Waals surface area (Å²) < 4.78 is 25.0. The first-order valence-corrected chi connectivity index (χ1v) is 17.6. The van der Waals surface area contributed by atoms with Crippen LogP contribution in [0.3, 0.4) is 0 Å². The molecule has 0 fully saturated rings. The summed E-state index contributed by atoms with van der Waals surface area (Å²) >= 11 is 6.52. The van der Waals surface area contributed by atoms with Gasteiger partial charge >= 0.3 is 0 Å². The van der Waals surface area contributed by atoms with E-state index in [2.05, 4.69) is 15.6 Å². The van der Waals surface area contributed by atoms with E-state index in [-0.39, 0.29) is 25.9 Å². The van der Waals surface area contributed by atoms with Crippen LogP contribution in [0.15, 0.2) is 85.1 Å². The Balaban J connectivity index is 1.42. The highest BCUT2D eigenvalue weighted by atomic mass is 35.5. The first-order chi connectivity index (χ1) is 24.7. The Labute approximate surface area is 308 Å². The van der Waals surface area contributed by atoms with Crippen LogP contribution in [0.1, 0.15) is 49.9 Å². The van der Waals surface area contributed by atoms with E-state index in [0.29, 0.717) is 27.8 Å². The smallest absolute Gasteiger partial charge is 0.237 e. The van der Waals surface area contributed by atoms with Gasteiger partial charge in [0.2, 0.25) is 17.7 Å². The van der Waals surface area contributed by atoms with Crippen molar-refractivity contribution in [1.82, 2.24) is 15.6 Å². The molecule has 0 bridgehead atoms. The van der Waals surface area contributed by atoms with E-state index >= 15 is 0 Å². The van der Waals surface area contributed by atoms with Crippen molar-refractivity contribution in [3.63, 3.8) is 0 Å². The van der Waals surface area contributed by atoms with E-state index in [1.54, 1.807) is 43.6 Å². The standard InChI is InChI=1S/C40H46ClFN4O6/c1-40(2,3)37(43)39(50)45-31(17-23-9-11-24(12-10-23)26-13-16-35(51-4)44-21-26)32(47)19-27(18-25-7-5-6-8-30(25)41)38(49)46-36-29-20-28(42)14-15-34(29)52-22-33(36)48/h5-16,20-21,27,31-33,36-37,47-48H,17-19,22,43H2,1-4H3,(H,45,50)(H,46,49). The van der Waals surface area contributed by atoms with Gasteiger partial charge in [0, 0.05) is 34.3 Å². The van der Waals surface area contributed by atoms with Gasteiger partial charge in [0.05, 0.1) is 31.3 Å². The van der Waals surface area contributed by atoms with Crippen LogP contribution in [0.25, 0.3) is 11.1 Å². The lowest BCUT2D eigenvalue weighted by Crippen LogP contribution is -2.55. The number of pyridine rings is 1. The summed E-state index contributed by atoms with van der Waals surface area (Å²) in [5, 5.41) is 29.0. The number of aliphatic hydroxyl groups is 2. The quantitative estimate of drug-likeness (QED) is 0.126. The number of nitrogens with two attached hydrogens (primary N) is 1. The van der Waals surface area contributed by atoms with Crippen LogP contribution < -0.4 is 25.8 Å². The Morgan fingerprint density at radius 1 is 1.04 bits per heavy atom. The minimum atomic E-state index is -1.22. The zero-order chi connectivity index (χ0) is 37.6. The van der Waals surface area contributed by atoms with Gasteiger partial charge in [0.25, 0.3) is 0 Å². The first-order valence-electron chi connectivity index (χ1n) is 17.2. The Bertz CT molecular complexity index is 1840. The third kappa shape index (κ3) is 9.65. The molecule has 276 valence electrons. The lowest BCUT2D eigenvalue weighted by atomic mass is 9.85. The molecule has 0 spiro atoms. The summed E-state index contributed by atoms with van der Waals surface area (Å²) in [4.78, 5) is 31.9. The molecule has 0 saturated heterocycles. The number of hydrogen-bond donors (Lipinski definition) is 5. The maximum absolute atomic E-state index is 14.3. The van der Waals surface area contributed by atoms with Crippen LogP contribution >= 0.6 is 11.6 Å². The Hall–Kier alpha value is -4.55. The van der Waals surface area contributed by atoms with Gasteiger partial charge in [-0.05, 0) is 71.7 Å². The van der Waals surface area contributed by atoms with Crippen molar-refractivity contribution in [2.24, 2.45) is 17.1 Å². The topological polar surface area (TPSA) is 156 Å². The number of benzene rings is 3. The number of nitrogens with zero attached hydrogens (tertiary/aromatic N) is 1. The highest BCUT2D eigenvalue weighted by Gasteiger charge is 2.36. The van der Waals surface area contributed by atoms with Crippen LogP contribution in [-0.4, -0.2) is 65.0 Å². The SMILES string of the molecule is COc1ccc(-c2ccc(CC(NC(=O)C(N)C(C)(C)C)C(O)CC(Cc3ccccc3Cl)C(=O)NC3c4cc(F)ccc4OCC3O)cc2)cn1. The number of nitrogens with one attached hydrogen (secondary N) is 2. The summed E-state index contributed by atoms with van der Waals surface area (Å²) in [5.41, 5.74) is 9.39. The van der Waals surface area contributed by atoms with Gasteiger partial charge in [-0.3, -0.25) is 9.59 Å². The molecule has 6 N–H and O–H groups in total. The molecule has 1 aliphatic heterocycles. The van der Waals surface area contributed by atoms with Crippen LogP contribution in [-0.2, 0) is 22.4 Å². The molecular formula is C40H46ClFN4O6. The minimum absolute atomic E-state index is 0.0856. The van der Waals surface area contributed by atoms with Crippen molar-refractivity contribution >= 4 is 23.4 Å². The third-order valence-electron chi connectivity index (χ3n) is 9.42. The van der Waals surface area contributed by atoms with Gasteiger partial charge in [0.1, 0.15) is 24.3 Å². The first kappa shape index (κ1) is 38.7. The molecule has 52 heavy (non-hydrogen) atoms. The second kappa shape index (κ2) is 16.9. The Kier molecular flexibility index (Phi) is 12.5. The van der Waals surface area contributed by atoms with E-state index in [4.69, 9.17) is 26.8 Å². The number of ether oxygens (including phenoxy) is 2. The van der Waals surface area contributed by atoms with Crippen molar-refractivity contribution in [2.75, 3.05) is 13.7 Å². The lowest BCUT2D eigenvalue weighted by Gasteiger charge is -2.34. The second-order valence-corrected chi connectivity index (χ2v) is 14.7. The molecule has 12 heteroatoms. The number of amides is 2. The molecule has 2 amide bonds. The van der Waals surface area contributed by atoms with E-state index < -0.39 is 59.3 Å². The summed E-state index contributed by atoms with van der Waals surface area (Å²) in [6.45, 7) is 5.47. The fourth-order valence-corrected chi connectivity index (χ4v) is 6.41. The van der Waals surface area contributed by atoms with Crippen LogP contribution in [0.5, 0.6) is 11.6 Å². The maximum atomic E-state index is 14.3. The van der Waals surface area contributed by atoms with Gasteiger partial charge in [0.15, 0.2) is 0 Å². The molecule has 4 aromatic rings.